The van der Waals surface area contributed by atoms with Gasteiger partial charge in [-0.05, 0) is 50.3 Å². The van der Waals surface area contributed by atoms with E-state index in [0.29, 0.717) is 13.0 Å². The van der Waals surface area contributed by atoms with Gasteiger partial charge in [-0.3, -0.25) is 0 Å². The van der Waals surface area contributed by atoms with Crippen molar-refractivity contribution in [2.24, 2.45) is 5.92 Å². The quantitative estimate of drug-likeness (QED) is 0.745. The first-order valence-corrected chi connectivity index (χ1v) is 9.12. The summed E-state index contributed by atoms with van der Waals surface area (Å²) in [4.78, 5) is 14.5. The molecule has 134 valence electrons. The van der Waals surface area contributed by atoms with E-state index in [1.165, 1.54) is 31.4 Å². The van der Waals surface area contributed by atoms with Gasteiger partial charge in [-0.15, -0.1) is 0 Å². The van der Waals surface area contributed by atoms with Crippen LogP contribution < -0.4 is 15.5 Å². The number of amides is 2. The highest BCUT2D eigenvalue weighted by molar-refractivity contribution is 5.89. The van der Waals surface area contributed by atoms with E-state index in [1.807, 2.05) is 25.1 Å². The maximum atomic E-state index is 12.0. The van der Waals surface area contributed by atoms with Gasteiger partial charge in [-0.1, -0.05) is 25.8 Å². The van der Waals surface area contributed by atoms with Crippen LogP contribution in [0.1, 0.15) is 46.0 Å². The number of hydrogen-bond donors (Lipinski definition) is 3. The second-order valence-electron chi connectivity index (χ2n) is 6.98. The number of carbonyl (C=O) groups excluding carboxylic acids is 1. The molecule has 0 aromatic heterocycles. The molecule has 1 aromatic rings. The molecule has 2 rings (SSSR count). The smallest absolute Gasteiger partial charge is 0.319 e. The van der Waals surface area contributed by atoms with Crippen molar-refractivity contribution in [3.8, 4) is 0 Å². The fourth-order valence-electron chi connectivity index (χ4n) is 3.22. The largest absolute Gasteiger partial charge is 0.393 e. The molecule has 1 heterocycles. The lowest BCUT2D eigenvalue weighted by Crippen LogP contribution is -2.33. The highest BCUT2D eigenvalue weighted by Crippen LogP contribution is 2.22. The van der Waals surface area contributed by atoms with Crippen LogP contribution in [0.25, 0.3) is 0 Å². The van der Waals surface area contributed by atoms with E-state index in [-0.39, 0.29) is 18.1 Å². The van der Waals surface area contributed by atoms with E-state index in [1.54, 1.807) is 6.92 Å². The second kappa shape index (κ2) is 9.52. The first-order valence-electron chi connectivity index (χ1n) is 9.12. The molecule has 0 saturated carbocycles. The number of benzene rings is 1. The third-order valence-corrected chi connectivity index (χ3v) is 4.43. The molecule has 24 heavy (non-hydrogen) atoms. The van der Waals surface area contributed by atoms with Gasteiger partial charge in [0.2, 0.25) is 0 Å². The zero-order chi connectivity index (χ0) is 17.4. The van der Waals surface area contributed by atoms with Crippen LogP contribution in [-0.4, -0.2) is 36.9 Å². The third-order valence-electron chi connectivity index (χ3n) is 4.43. The molecule has 5 heteroatoms. The van der Waals surface area contributed by atoms with Crippen LogP contribution in [0.15, 0.2) is 24.3 Å². The molecule has 1 saturated heterocycles. The van der Waals surface area contributed by atoms with E-state index < -0.39 is 0 Å². The van der Waals surface area contributed by atoms with Gasteiger partial charge >= 0.3 is 6.03 Å². The van der Waals surface area contributed by atoms with Crippen LogP contribution in [0.2, 0.25) is 0 Å². The Morgan fingerprint density at radius 2 is 1.92 bits per heavy atom. The average Bonchev–Trinajstić information content (AvgIpc) is 2.82. The molecular weight excluding hydrogens is 302 g/mol. The van der Waals surface area contributed by atoms with Crippen LogP contribution in [0.3, 0.4) is 0 Å². The fourth-order valence-corrected chi connectivity index (χ4v) is 3.22. The van der Waals surface area contributed by atoms with E-state index in [4.69, 9.17) is 0 Å². The van der Waals surface area contributed by atoms with Gasteiger partial charge in [0.15, 0.2) is 0 Å². The molecular formula is C19H31N3O2. The molecule has 2 amide bonds. The molecule has 0 aliphatic carbocycles. The predicted molar refractivity (Wildman–Crippen MR) is 99.6 cm³/mol. The molecule has 2 unspecified atom stereocenters. The maximum absolute atomic E-state index is 12.0. The number of anilines is 2. The molecule has 0 spiro atoms. The molecule has 1 aliphatic heterocycles. The number of rotatable bonds is 6. The molecule has 3 N–H and O–H groups in total. The van der Waals surface area contributed by atoms with Gasteiger partial charge < -0.3 is 20.6 Å². The normalized spacial score (nSPS) is 17.7. The maximum Gasteiger partial charge on any atom is 0.319 e. The Balaban J connectivity index is 1.85. The first-order chi connectivity index (χ1) is 11.5. The van der Waals surface area contributed by atoms with Crippen molar-refractivity contribution < 1.29 is 9.90 Å². The number of carbonyl (C=O) groups is 1. The van der Waals surface area contributed by atoms with Gasteiger partial charge in [-0.25, -0.2) is 4.79 Å². The van der Waals surface area contributed by atoms with Crippen LogP contribution in [-0.2, 0) is 0 Å². The van der Waals surface area contributed by atoms with Crippen molar-refractivity contribution in [2.75, 3.05) is 29.9 Å². The number of hydrogen-bond acceptors (Lipinski definition) is 3. The van der Waals surface area contributed by atoms with Crippen molar-refractivity contribution in [1.82, 2.24) is 5.32 Å². The van der Waals surface area contributed by atoms with E-state index >= 15 is 0 Å². The summed E-state index contributed by atoms with van der Waals surface area (Å²) in [7, 11) is 0. The van der Waals surface area contributed by atoms with Crippen LogP contribution in [0, 0.1) is 5.92 Å². The Morgan fingerprint density at radius 3 is 2.58 bits per heavy atom. The summed E-state index contributed by atoms with van der Waals surface area (Å²) in [6.07, 6.45) is 5.43. The molecule has 1 aromatic carbocycles. The fraction of sp³-hybridized carbons (Fsp3) is 0.632. The lowest BCUT2D eigenvalue weighted by Gasteiger charge is -2.23. The van der Waals surface area contributed by atoms with Gasteiger partial charge in [0.25, 0.3) is 0 Å². The Labute approximate surface area is 145 Å². The zero-order valence-electron chi connectivity index (χ0n) is 14.9. The second-order valence-corrected chi connectivity index (χ2v) is 6.98. The van der Waals surface area contributed by atoms with E-state index in [0.717, 1.165) is 18.8 Å². The summed E-state index contributed by atoms with van der Waals surface area (Å²) in [5, 5.41) is 15.1. The number of nitrogens with one attached hydrogen (secondary N) is 2. The van der Waals surface area contributed by atoms with Gasteiger partial charge in [0.05, 0.1) is 6.10 Å². The SMILES string of the molecule is CC(O)CC(C)CNC(=O)Nc1cccc(N2CCCCCC2)c1. The Kier molecular flexibility index (Phi) is 7.37. The highest BCUT2D eigenvalue weighted by Gasteiger charge is 2.11. The van der Waals surface area contributed by atoms with Crippen molar-refractivity contribution >= 4 is 17.4 Å². The Bertz CT molecular complexity index is 511. The summed E-state index contributed by atoms with van der Waals surface area (Å²) in [5.74, 6) is 0.249. The Morgan fingerprint density at radius 1 is 1.21 bits per heavy atom. The minimum absolute atomic E-state index is 0.194. The summed E-state index contributed by atoms with van der Waals surface area (Å²) in [6, 6.07) is 7.87. The van der Waals surface area contributed by atoms with Crippen molar-refractivity contribution in [3.63, 3.8) is 0 Å². The predicted octanol–water partition coefficient (Wildman–Crippen LogP) is 3.60. The monoisotopic (exact) mass is 333 g/mol. The summed E-state index contributed by atoms with van der Waals surface area (Å²) in [5.41, 5.74) is 1.99. The van der Waals surface area contributed by atoms with Crippen molar-refractivity contribution in [2.45, 2.75) is 52.1 Å². The molecule has 5 nitrogen and oxygen atoms in total. The van der Waals surface area contributed by atoms with Crippen LogP contribution in [0.5, 0.6) is 0 Å². The topological polar surface area (TPSA) is 64.6 Å². The molecule has 1 fully saturated rings. The van der Waals surface area contributed by atoms with Crippen LogP contribution >= 0.6 is 0 Å². The standard InChI is InChI=1S/C19H31N3O2/c1-15(12-16(2)23)14-20-19(24)21-17-8-7-9-18(13-17)22-10-5-3-4-6-11-22/h7-9,13,15-16,23H,3-6,10-12,14H2,1-2H3,(H2,20,21,24). The molecule has 0 bridgehead atoms. The van der Waals surface area contributed by atoms with Crippen LogP contribution in [0.4, 0.5) is 16.2 Å². The van der Waals surface area contributed by atoms with E-state index in [2.05, 4.69) is 21.6 Å². The average molecular weight is 333 g/mol. The number of aliphatic hydroxyl groups excluding tert-OH is 1. The van der Waals surface area contributed by atoms with E-state index in [9.17, 15) is 9.90 Å². The number of nitrogens with zero attached hydrogens (tertiary/aromatic N) is 1. The Hall–Kier alpha value is -1.75. The number of urea groups is 1. The van der Waals surface area contributed by atoms with Crippen molar-refractivity contribution in [1.29, 1.82) is 0 Å². The van der Waals surface area contributed by atoms with Gasteiger partial charge in [0, 0.05) is 31.0 Å². The minimum atomic E-state index is -0.338. The summed E-state index contributed by atoms with van der Waals surface area (Å²) >= 11 is 0. The first kappa shape index (κ1) is 18.6. The minimum Gasteiger partial charge on any atom is -0.393 e. The molecule has 2 atom stereocenters. The third kappa shape index (κ3) is 6.40. The van der Waals surface area contributed by atoms with Crippen molar-refractivity contribution in [3.05, 3.63) is 24.3 Å². The zero-order valence-corrected chi connectivity index (χ0v) is 14.9. The summed E-state index contributed by atoms with van der Waals surface area (Å²) in [6.45, 7) is 6.53. The number of aliphatic hydroxyl groups is 1. The lowest BCUT2D eigenvalue weighted by molar-refractivity contribution is 0.163. The highest BCUT2D eigenvalue weighted by atomic mass is 16.3. The summed E-state index contributed by atoms with van der Waals surface area (Å²) < 4.78 is 0. The van der Waals surface area contributed by atoms with Gasteiger partial charge in [-0.2, -0.15) is 0 Å². The molecule has 0 radical (unpaired) electrons. The van der Waals surface area contributed by atoms with Gasteiger partial charge in [0.1, 0.15) is 0 Å². The lowest BCUT2D eigenvalue weighted by atomic mass is 10.1. The molecule has 1 aliphatic rings.